The van der Waals surface area contributed by atoms with Crippen molar-refractivity contribution in [1.82, 2.24) is 4.98 Å². The number of aromatic nitrogens is 1. The second kappa shape index (κ2) is 5.90. The molecule has 2 rings (SSSR count). The number of pyridine rings is 1. The molecule has 0 saturated heterocycles. The molecule has 1 aromatic heterocycles. The lowest BCUT2D eigenvalue weighted by atomic mass is 10.1. The van der Waals surface area contributed by atoms with Gasteiger partial charge >= 0.3 is 12.3 Å². The fourth-order valence-corrected chi connectivity index (χ4v) is 1.46. The molecule has 0 fully saturated rings. The summed E-state index contributed by atoms with van der Waals surface area (Å²) >= 11 is 0. The third-order valence-corrected chi connectivity index (χ3v) is 2.52. The Morgan fingerprint density at radius 2 is 1.85 bits per heavy atom. The Kier molecular flexibility index (Phi) is 4.22. The van der Waals surface area contributed by atoms with Crippen molar-refractivity contribution in [2.45, 2.75) is 12.3 Å². The molecule has 0 aliphatic rings. The minimum absolute atomic E-state index is 0.0940. The van der Waals surface area contributed by atoms with Crippen molar-refractivity contribution in [2.75, 3.05) is 6.61 Å². The molecule has 0 unspecified atom stereocenters. The highest BCUT2D eigenvalue weighted by Gasteiger charge is 2.41. The number of hydrogen-bond donors (Lipinski definition) is 0. The second-order valence-corrected chi connectivity index (χ2v) is 4.02. The summed E-state index contributed by atoms with van der Waals surface area (Å²) < 4.78 is 54.0. The molecule has 2 nitrogen and oxygen atoms in total. The number of ether oxygens (including phenoxy) is 1. The smallest absolute Gasteiger partial charge is 0.340 e. The molecular weight excluding hydrogens is 274 g/mol. The first-order valence-electron chi connectivity index (χ1n) is 5.70. The van der Waals surface area contributed by atoms with Gasteiger partial charge in [-0.25, -0.2) is 8.78 Å². The van der Waals surface area contributed by atoms with Crippen LogP contribution in [0, 0.1) is 6.07 Å². The lowest BCUT2D eigenvalue weighted by Crippen LogP contribution is -2.33. The van der Waals surface area contributed by atoms with Gasteiger partial charge in [0.1, 0.15) is 5.75 Å². The second-order valence-electron chi connectivity index (χ2n) is 4.02. The molecule has 1 heterocycles. The lowest BCUT2D eigenvalue weighted by molar-refractivity contribution is -0.148. The molecule has 2 aromatic rings. The van der Waals surface area contributed by atoms with E-state index in [9.17, 15) is 17.6 Å². The van der Waals surface area contributed by atoms with Crippen LogP contribution in [0.1, 0.15) is 0 Å². The fraction of sp³-hybridized carbons (Fsp3) is 0.214. The summed E-state index contributed by atoms with van der Waals surface area (Å²) in [5.41, 5.74) is 1.44. The summed E-state index contributed by atoms with van der Waals surface area (Å²) in [5.74, 6) is -4.06. The van der Waals surface area contributed by atoms with Crippen LogP contribution in [0.25, 0.3) is 11.3 Å². The minimum Gasteiger partial charge on any atom is -0.487 e. The van der Waals surface area contributed by atoms with E-state index in [1.165, 1.54) is 18.3 Å². The molecule has 0 N–H and O–H groups in total. The van der Waals surface area contributed by atoms with Gasteiger partial charge < -0.3 is 4.74 Å². The normalized spacial score (nSPS) is 11.7. The molecule has 0 amide bonds. The van der Waals surface area contributed by atoms with E-state index in [0.717, 1.165) is 5.56 Å². The van der Waals surface area contributed by atoms with Crippen molar-refractivity contribution in [1.29, 1.82) is 0 Å². The molecule has 0 spiro atoms. The Hall–Kier alpha value is -2.11. The van der Waals surface area contributed by atoms with Gasteiger partial charge in [0.05, 0.1) is 5.69 Å². The van der Waals surface area contributed by atoms with Crippen LogP contribution in [0.2, 0.25) is 0 Å². The highest BCUT2D eigenvalue weighted by atomic mass is 19.3. The van der Waals surface area contributed by atoms with E-state index in [1.807, 2.05) is 0 Å². The fourth-order valence-electron chi connectivity index (χ4n) is 1.46. The van der Waals surface area contributed by atoms with E-state index >= 15 is 0 Å². The number of hydrogen-bond acceptors (Lipinski definition) is 2. The predicted molar refractivity (Wildman–Crippen MR) is 65.0 cm³/mol. The van der Waals surface area contributed by atoms with Gasteiger partial charge in [-0.3, -0.25) is 4.98 Å². The van der Waals surface area contributed by atoms with Gasteiger partial charge in [-0.2, -0.15) is 8.78 Å². The van der Waals surface area contributed by atoms with Gasteiger partial charge in [0.15, 0.2) is 6.61 Å². The van der Waals surface area contributed by atoms with E-state index in [-0.39, 0.29) is 5.75 Å². The van der Waals surface area contributed by atoms with Crippen molar-refractivity contribution in [3.8, 4) is 17.0 Å². The van der Waals surface area contributed by atoms with Crippen LogP contribution in [-0.4, -0.2) is 23.9 Å². The summed E-state index contributed by atoms with van der Waals surface area (Å²) in [5, 5.41) is 0. The number of benzene rings is 1. The third-order valence-electron chi connectivity index (χ3n) is 2.52. The van der Waals surface area contributed by atoms with Crippen molar-refractivity contribution >= 4 is 0 Å². The average Bonchev–Trinajstić information content (AvgIpc) is 2.46. The van der Waals surface area contributed by atoms with Crippen molar-refractivity contribution in [2.24, 2.45) is 0 Å². The highest BCUT2D eigenvalue weighted by Crippen LogP contribution is 2.25. The Morgan fingerprint density at radius 1 is 1.15 bits per heavy atom. The number of alkyl halides is 4. The monoisotopic (exact) mass is 284 g/mol. The Morgan fingerprint density at radius 3 is 2.40 bits per heavy atom. The minimum atomic E-state index is -4.16. The predicted octanol–water partition coefficient (Wildman–Crippen LogP) is 3.83. The zero-order valence-corrected chi connectivity index (χ0v) is 10.2. The standard InChI is InChI=1S/C14H10F4NO/c15-13(16)14(17,18)9-20-11-6-4-10(5-7-11)12-3-1-2-8-19-12/h1,3-8,13H,9H2. The van der Waals surface area contributed by atoms with Gasteiger partial charge in [-0.05, 0) is 30.3 Å². The first kappa shape index (κ1) is 14.3. The molecular formula is C14H10F4NO. The molecule has 1 radical (unpaired) electrons. The summed E-state index contributed by atoms with van der Waals surface area (Å²) in [6, 6.07) is 12.3. The zero-order valence-electron chi connectivity index (χ0n) is 10.2. The molecule has 105 valence electrons. The maximum atomic E-state index is 12.7. The third kappa shape index (κ3) is 3.46. The first-order valence-corrected chi connectivity index (χ1v) is 5.70. The van der Waals surface area contributed by atoms with Gasteiger partial charge in [0, 0.05) is 17.8 Å². The van der Waals surface area contributed by atoms with Crippen molar-refractivity contribution < 1.29 is 22.3 Å². The van der Waals surface area contributed by atoms with Crippen LogP contribution in [0.3, 0.4) is 0 Å². The Bertz CT molecular complexity index is 543. The van der Waals surface area contributed by atoms with E-state index in [1.54, 1.807) is 24.3 Å². The first-order chi connectivity index (χ1) is 9.49. The lowest BCUT2D eigenvalue weighted by Gasteiger charge is -2.16. The van der Waals surface area contributed by atoms with Crippen LogP contribution in [0.5, 0.6) is 5.75 Å². The Balaban J connectivity index is 2.03. The maximum absolute atomic E-state index is 12.7. The summed E-state index contributed by atoms with van der Waals surface area (Å²) in [6.07, 6.45) is -2.24. The van der Waals surface area contributed by atoms with Gasteiger partial charge in [-0.15, -0.1) is 0 Å². The van der Waals surface area contributed by atoms with E-state index in [0.29, 0.717) is 5.69 Å². The summed E-state index contributed by atoms with van der Waals surface area (Å²) in [6.45, 7) is -1.36. The van der Waals surface area contributed by atoms with Gasteiger partial charge in [-0.1, -0.05) is 6.07 Å². The average molecular weight is 284 g/mol. The van der Waals surface area contributed by atoms with Crippen LogP contribution in [0.4, 0.5) is 17.6 Å². The van der Waals surface area contributed by atoms with Gasteiger partial charge in [0.2, 0.25) is 0 Å². The molecule has 0 saturated carbocycles. The molecule has 0 bridgehead atoms. The van der Waals surface area contributed by atoms with Crippen LogP contribution in [0.15, 0.2) is 42.6 Å². The number of rotatable bonds is 5. The molecule has 0 aliphatic carbocycles. The number of halogens is 4. The van der Waals surface area contributed by atoms with E-state index in [2.05, 4.69) is 15.8 Å². The van der Waals surface area contributed by atoms with Crippen molar-refractivity contribution in [3.05, 3.63) is 48.7 Å². The summed E-state index contributed by atoms with van der Waals surface area (Å²) in [7, 11) is 0. The van der Waals surface area contributed by atoms with E-state index in [4.69, 9.17) is 0 Å². The molecule has 0 atom stereocenters. The Labute approximate surface area is 113 Å². The number of nitrogens with zero attached hydrogens (tertiary/aromatic N) is 1. The topological polar surface area (TPSA) is 22.1 Å². The van der Waals surface area contributed by atoms with E-state index < -0.39 is 19.0 Å². The molecule has 1 aromatic carbocycles. The quantitative estimate of drug-likeness (QED) is 0.778. The summed E-state index contributed by atoms with van der Waals surface area (Å²) in [4.78, 5) is 4.07. The van der Waals surface area contributed by atoms with Gasteiger partial charge in [0.25, 0.3) is 0 Å². The highest BCUT2D eigenvalue weighted by molar-refractivity contribution is 5.59. The zero-order chi connectivity index (χ0) is 14.6. The molecule has 0 aliphatic heterocycles. The SMILES string of the molecule is FC(F)C(F)(F)COc1ccc(-c2cc[c]cn2)cc1. The molecule has 6 heteroatoms. The maximum Gasteiger partial charge on any atom is 0.340 e. The van der Waals surface area contributed by atoms with Crippen LogP contribution in [-0.2, 0) is 0 Å². The van der Waals surface area contributed by atoms with Crippen molar-refractivity contribution in [3.63, 3.8) is 0 Å². The van der Waals surface area contributed by atoms with Crippen LogP contribution < -0.4 is 4.74 Å². The largest absolute Gasteiger partial charge is 0.487 e. The van der Waals surface area contributed by atoms with Crippen LogP contribution >= 0.6 is 0 Å². The molecule has 20 heavy (non-hydrogen) atoms.